The Bertz CT molecular complexity index is 456. The van der Waals surface area contributed by atoms with Crippen molar-refractivity contribution in [3.63, 3.8) is 0 Å². The number of hydrogen-bond donors (Lipinski definition) is 4. The molecule has 96 valence electrons. The van der Waals surface area contributed by atoms with Crippen LogP contribution >= 0.6 is 0 Å². The van der Waals surface area contributed by atoms with E-state index in [1.165, 1.54) is 0 Å². The van der Waals surface area contributed by atoms with Gasteiger partial charge < -0.3 is 21.5 Å². The quantitative estimate of drug-likeness (QED) is 0.601. The highest BCUT2D eigenvalue weighted by Gasteiger charge is 2.12. The Morgan fingerprint density at radius 2 is 2.22 bits per heavy atom. The van der Waals surface area contributed by atoms with E-state index < -0.39 is 12.0 Å². The zero-order valence-electron chi connectivity index (χ0n) is 9.89. The summed E-state index contributed by atoms with van der Waals surface area (Å²) in [5.74, 6) is -0.216. The van der Waals surface area contributed by atoms with Crippen LogP contribution in [0.2, 0.25) is 0 Å². The van der Waals surface area contributed by atoms with Gasteiger partial charge in [0, 0.05) is 12.2 Å². The number of aliphatic carboxylic acids is 1. The van der Waals surface area contributed by atoms with Crippen LogP contribution in [0.5, 0.6) is 0 Å². The topological polar surface area (TPSA) is 99.7 Å². The second-order valence-electron chi connectivity index (χ2n) is 4.13. The molecule has 0 amide bonds. The molecule has 0 aromatic heterocycles. The van der Waals surface area contributed by atoms with Crippen molar-refractivity contribution in [3.8, 4) is 0 Å². The summed E-state index contributed by atoms with van der Waals surface area (Å²) in [6, 6.07) is 6.63. The monoisotopic (exact) mass is 248 g/mol. The lowest BCUT2D eigenvalue weighted by Crippen LogP contribution is -2.32. The summed E-state index contributed by atoms with van der Waals surface area (Å²) < 4.78 is 0. The molecule has 1 aromatic carbocycles. The molecule has 1 aromatic rings. The third kappa shape index (κ3) is 3.21. The first kappa shape index (κ1) is 12.4. The van der Waals surface area contributed by atoms with Gasteiger partial charge in [0.15, 0.2) is 5.96 Å². The number of carboxylic acids is 1. The molecule has 1 aliphatic heterocycles. The van der Waals surface area contributed by atoms with Gasteiger partial charge in [0.25, 0.3) is 0 Å². The van der Waals surface area contributed by atoms with Crippen molar-refractivity contribution < 1.29 is 9.90 Å². The molecule has 1 atom stereocenters. The fourth-order valence-corrected chi connectivity index (χ4v) is 1.68. The molecule has 18 heavy (non-hydrogen) atoms. The van der Waals surface area contributed by atoms with Crippen molar-refractivity contribution in [3.05, 3.63) is 29.8 Å². The van der Waals surface area contributed by atoms with E-state index in [0.29, 0.717) is 6.42 Å². The molecule has 2 rings (SSSR count). The summed E-state index contributed by atoms with van der Waals surface area (Å²) in [4.78, 5) is 14.9. The van der Waals surface area contributed by atoms with Gasteiger partial charge in [0.2, 0.25) is 0 Å². The first-order chi connectivity index (χ1) is 8.65. The number of carbonyl (C=O) groups is 1. The molecule has 0 fully saturated rings. The number of hydrogen-bond acceptors (Lipinski definition) is 5. The molecule has 0 unspecified atom stereocenters. The predicted molar refractivity (Wildman–Crippen MR) is 69.7 cm³/mol. The maximum Gasteiger partial charge on any atom is 0.320 e. The standard InChI is InChI=1S/C12H16N4O2/c13-10(11(17)18)7-8-1-3-9(4-2-8)16-12-14-5-6-15-12/h1-4,10H,5-7,13H2,(H,17,18)(H2,14,15,16)/t10-/m0/s1. The predicted octanol–water partition coefficient (Wildman–Crippen LogP) is 0.0121. The molecule has 6 nitrogen and oxygen atoms in total. The van der Waals surface area contributed by atoms with Gasteiger partial charge in [-0.2, -0.15) is 0 Å². The molecule has 0 aliphatic carbocycles. The van der Waals surface area contributed by atoms with E-state index in [4.69, 9.17) is 10.8 Å². The van der Waals surface area contributed by atoms with Gasteiger partial charge in [-0.25, -0.2) is 0 Å². The van der Waals surface area contributed by atoms with E-state index in [9.17, 15) is 4.79 Å². The number of guanidine groups is 1. The van der Waals surface area contributed by atoms with Crippen LogP contribution in [0.1, 0.15) is 5.56 Å². The number of nitrogens with two attached hydrogens (primary N) is 1. The van der Waals surface area contributed by atoms with E-state index in [-0.39, 0.29) is 0 Å². The highest BCUT2D eigenvalue weighted by Crippen LogP contribution is 2.11. The van der Waals surface area contributed by atoms with Crippen LogP contribution in [-0.4, -0.2) is 36.2 Å². The number of nitrogens with zero attached hydrogens (tertiary/aromatic N) is 1. The largest absolute Gasteiger partial charge is 0.480 e. The van der Waals surface area contributed by atoms with Crippen LogP contribution in [0.25, 0.3) is 0 Å². The number of anilines is 1. The highest BCUT2D eigenvalue weighted by molar-refractivity contribution is 5.94. The smallest absolute Gasteiger partial charge is 0.320 e. The van der Waals surface area contributed by atoms with Gasteiger partial charge in [-0.15, -0.1) is 0 Å². The maximum absolute atomic E-state index is 10.6. The fraction of sp³-hybridized carbons (Fsp3) is 0.333. The van der Waals surface area contributed by atoms with Gasteiger partial charge in [0.05, 0.1) is 6.54 Å². The minimum atomic E-state index is -0.985. The summed E-state index contributed by atoms with van der Waals surface area (Å²) in [6.07, 6.45) is 0.328. The van der Waals surface area contributed by atoms with Gasteiger partial charge in [-0.1, -0.05) is 12.1 Å². The highest BCUT2D eigenvalue weighted by atomic mass is 16.4. The lowest BCUT2D eigenvalue weighted by Gasteiger charge is -2.09. The molecule has 1 aliphatic rings. The third-order valence-electron chi connectivity index (χ3n) is 2.66. The van der Waals surface area contributed by atoms with Crippen molar-refractivity contribution in [1.29, 1.82) is 0 Å². The van der Waals surface area contributed by atoms with E-state index in [1.807, 2.05) is 24.3 Å². The van der Waals surface area contributed by atoms with Gasteiger partial charge in [-0.05, 0) is 24.1 Å². The lowest BCUT2D eigenvalue weighted by molar-refractivity contribution is -0.138. The van der Waals surface area contributed by atoms with Crippen LogP contribution < -0.4 is 16.4 Å². The minimum absolute atomic E-state index is 0.328. The fourth-order valence-electron chi connectivity index (χ4n) is 1.68. The Balaban J connectivity index is 1.94. The van der Waals surface area contributed by atoms with E-state index in [0.717, 1.165) is 30.3 Å². The number of rotatable bonds is 4. The number of nitrogens with one attached hydrogen (secondary N) is 2. The summed E-state index contributed by atoms with van der Waals surface area (Å²) in [6.45, 7) is 1.64. The molecule has 0 spiro atoms. The van der Waals surface area contributed by atoms with E-state index in [1.54, 1.807) is 0 Å². The summed E-state index contributed by atoms with van der Waals surface area (Å²) in [7, 11) is 0. The molecule has 1 heterocycles. The molecule has 0 bridgehead atoms. The second-order valence-corrected chi connectivity index (χ2v) is 4.13. The van der Waals surface area contributed by atoms with Crippen molar-refractivity contribution in [2.24, 2.45) is 10.7 Å². The average molecular weight is 248 g/mol. The Kier molecular flexibility index (Phi) is 3.78. The molecular weight excluding hydrogens is 232 g/mol. The molecular formula is C12H16N4O2. The van der Waals surface area contributed by atoms with Crippen LogP contribution in [0.15, 0.2) is 29.3 Å². The Hall–Kier alpha value is -2.08. The summed E-state index contributed by atoms with van der Waals surface area (Å²) in [5, 5.41) is 15.0. The maximum atomic E-state index is 10.6. The van der Waals surface area contributed by atoms with Crippen LogP contribution in [-0.2, 0) is 11.2 Å². The van der Waals surface area contributed by atoms with E-state index >= 15 is 0 Å². The zero-order valence-corrected chi connectivity index (χ0v) is 9.89. The van der Waals surface area contributed by atoms with Gasteiger partial charge >= 0.3 is 5.97 Å². The van der Waals surface area contributed by atoms with Gasteiger partial charge in [0.1, 0.15) is 6.04 Å². The van der Waals surface area contributed by atoms with Crippen molar-refractivity contribution in [2.75, 3.05) is 18.4 Å². The SMILES string of the molecule is N[C@@H](Cc1ccc(NC2=NCCN2)cc1)C(=O)O. The summed E-state index contributed by atoms with van der Waals surface area (Å²) in [5.41, 5.74) is 7.29. The van der Waals surface area contributed by atoms with Crippen LogP contribution in [0.4, 0.5) is 5.69 Å². The Morgan fingerprint density at radius 1 is 1.50 bits per heavy atom. The summed E-state index contributed by atoms with van der Waals surface area (Å²) >= 11 is 0. The number of aliphatic imine (C=N–C) groups is 1. The lowest BCUT2D eigenvalue weighted by atomic mass is 10.1. The molecule has 5 N–H and O–H groups in total. The Morgan fingerprint density at radius 3 is 2.78 bits per heavy atom. The average Bonchev–Trinajstić information content (AvgIpc) is 2.84. The first-order valence-electron chi connectivity index (χ1n) is 5.78. The third-order valence-corrected chi connectivity index (χ3v) is 2.66. The zero-order chi connectivity index (χ0) is 13.0. The molecule has 0 saturated heterocycles. The number of benzene rings is 1. The van der Waals surface area contributed by atoms with Crippen molar-refractivity contribution in [2.45, 2.75) is 12.5 Å². The normalized spacial score (nSPS) is 15.7. The van der Waals surface area contributed by atoms with Crippen LogP contribution in [0, 0.1) is 0 Å². The van der Waals surface area contributed by atoms with Gasteiger partial charge in [-0.3, -0.25) is 9.79 Å². The molecule has 6 heteroatoms. The second kappa shape index (κ2) is 5.50. The first-order valence-corrected chi connectivity index (χ1v) is 5.78. The minimum Gasteiger partial charge on any atom is -0.480 e. The Labute approximate surface area is 105 Å². The van der Waals surface area contributed by atoms with Crippen molar-refractivity contribution in [1.82, 2.24) is 5.32 Å². The molecule has 0 radical (unpaired) electrons. The number of carboxylic acid groups (broad SMARTS) is 1. The van der Waals surface area contributed by atoms with E-state index in [2.05, 4.69) is 15.6 Å². The van der Waals surface area contributed by atoms with Crippen LogP contribution in [0.3, 0.4) is 0 Å². The van der Waals surface area contributed by atoms with Crippen molar-refractivity contribution >= 4 is 17.6 Å². The molecule has 0 saturated carbocycles.